The van der Waals surface area contributed by atoms with E-state index in [2.05, 4.69) is 20.5 Å². The second-order valence-electron chi connectivity index (χ2n) is 6.15. The molecule has 0 aromatic carbocycles. The number of carbonyl (C=O) groups excluding carboxylic acids is 1. The van der Waals surface area contributed by atoms with E-state index in [4.69, 9.17) is 11.6 Å². The maximum absolute atomic E-state index is 12.1. The maximum Gasteiger partial charge on any atom is 0.228 e. The molecule has 2 aromatic heterocycles. The Morgan fingerprint density at radius 3 is 2.78 bits per heavy atom. The average Bonchev–Trinajstić information content (AvgIpc) is 3.29. The number of halogens is 1. The average molecular weight is 333 g/mol. The zero-order valence-corrected chi connectivity index (χ0v) is 13.9. The van der Waals surface area contributed by atoms with E-state index in [1.807, 2.05) is 18.9 Å². The summed E-state index contributed by atoms with van der Waals surface area (Å²) in [6.45, 7) is 2.05. The van der Waals surface area contributed by atoms with E-state index in [1.165, 1.54) is 0 Å². The lowest BCUT2D eigenvalue weighted by Gasteiger charge is -2.33. The first-order valence-corrected chi connectivity index (χ1v) is 7.99. The zero-order valence-electron chi connectivity index (χ0n) is 13.2. The first kappa shape index (κ1) is 14.4. The summed E-state index contributed by atoms with van der Waals surface area (Å²) in [6.07, 6.45) is 3.45. The first-order valence-electron chi connectivity index (χ1n) is 7.61. The number of hydrogen-bond donors (Lipinski definition) is 1. The van der Waals surface area contributed by atoms with Gasteiger partial charge in [-0.05, 0) is 19.8 Å². The van der Waals surface area contributed by atoms with Crippen molar-refractivity contribution in [3.8, 4) is 11.3 Å². The second kappa shape index (κ2) is 4.92. The van der Waals surface area contributed by atoms with Crippen LogP contribution in [0.15, 0.2) is 6.20 Å². The molecular weight excluding hydrogens is 316 g/mol. The van der Waals surface area contributed by atoms with Gasteiger partial charge in [0, 0.05) is 26.2 Å². The van der Waals surface area contributed by atoms with Crippen LogP contribution in [0.5, 0.6) is 0 Å². The lowest BCUT2D eigenvalue weighted by atomic mass is 9.98. The summed E-state index contributed by atoms with van der Waals surface area (Å²) in [7, 11) is 3.74. The minimum atomic E-state index is 0.0167. The van der Waals surface area contributed by atoms with Gasteiger partial charge in [0.05, 0.1) is 22.3 Å². The van der Waals surface area contributed by atoms with Gasteiger partial charge in [-0.1, -0.05) is 11.6 Å². The molecule has 1 aliphatic carbocycles. The fourth-order valence-corrected chi connectivity index (χ4v) is 3.19. The van der Waals surface area contributed by atoms with E-state index in [0.717, 1.165) is 35.5 Å². The molecule has 1 N–H and O–H groups in total. The van der Waals surface area contributed by atoms with Crippen molar-refractivity contribution in [3.63, 3.8) is 0 Å². The molecule has 23 heavy (non-hydrogen) atoms. The van der Waals surface area contributed by atoms with Crippen molar-refractivity contribution in [1.82, 2.24) is 20.0 Å². The highest BCUT2D eigenvalue weighted by Crippen LogP contribution is 2.48. The van der Waals surface area contributed by atoms with Crippen LogP contribution >= 0.6 is 11.6 Å². The van der Waals surface area contributed by atoms with E-state index in [0.29, 0.717) is 10.8 Å². The fraction of sp³-hybridized carbons (Fsp3) is 0.467. The predicted molar refractivity (Wildman–Crippen MR) is 87.4 cm³/mol. The SMILES string of the molecule is CC1c2nn(C)nc2-c2c(Cl)cnc(NC(=O)C3CC3)c2N1C. The molecule has 120 valence electrons. The second-order valence-corrected chi connectivity index (χ2v) is 6.56. The molecule has 2 aliphatic rings. The van der Waals surface area contributed by atoms with Gasteiger partial charge < -0.3 is 10.2 Å². The Morgan fingerprint density at radius 1 is 1.35 bits per heavy atom. The fourth-order valence-electron chi connectivity index (χ4n) is 2.96. The standard InChI is InChI=1S/C15H17ClN6O/c1-7-11-12(20-22(3)19-11)10-9(16)6-17-14(13(10)21(7)2)18-15(23)8-4-5-8/h6-8H,4-5H2,1-3H3,(H,17,18,23). The molecule has 0 radical (unpaired) electrons. The molecule has 7 nitrogen and oxygen atoms in total. The molecule has 4 rings (SSSR count). The molecule has 2 aromatic rings. The molecule has 0 spiro atoms. The summed E-state index contributed by atoms with van der Waals surface area (Å²) < 4.78 is 0. The molecule has 1 fully saturated rings. The largest absolute Gasteiger partial charge is 0.363 e. The predicted octanol–water partition coefficient (Wildman–Crippen LogP) is 2.39. The maximum atomic E-state index is 12.1. The molecule has 1 aliphatic heterocycles. The minimum absolute atomic E-state index is 0.0167. The monoisotopic (exact) mass is 332 g/mol. The van der Waals surface area contributed by atoms with Crippen LogP contribution in [-0.2, 0) is 11.8 Å². The third kappa shape index (κ3) is 2.18. The summed E-state index contributed by atoms with van der Waals surface area (Å²) >= 11 is 6.40. The number of nitrogens with one attached hydrogen (secondary N) is 1. The van der Waals surface area contributed by atoms with Gasteiger partial charge in [-0.2, -0.15) is 15.0 Å². The van der Waals surface area contributed by atoms with Crippen LogP contribution in [0, 0.1) is 5.92 Å². The summed E-state index contributed by atoms with van der Waals surface area (Å²) in [5, 5.41) is 12.4. The van der Waals surface area contributed by atoms with Crippen LogP contribution in [0.3, 0.4) is 0 Å². The summed E-state index contributed by atoms with van der Waals surface area (Å²) in [6, 6.07) is 0.0167. The normalized spacial score (nSPS) is 19.3. The van der Waals surface area contributed by atoms with Crippen molar-refractivity contribution < 1.29 is 4.79 Å². The van der Waals surface area contributed by atoms with Crippen LogP contribution in [0.25, 0.3) is 11.3 Å². The van der Waals surface area contributed by atoms with Crippen LogP contribution < -0.4 is 10.2 Å². The highest BCUT2D eigenvalue weighted by atomic mass is 35.5. The number of aromatic nitrogens is 4. The summed E-state index contributed by atoms with van der Waals surface area (Å²) in [4.78, 5) is 20.1. The zero-order chi connectivity index (χ0) is 16.3. The van der Waals surface area contributed by atoms with Crippen molar-refractivity contribution in [3.05, 3.63) is 16.9 Å². The smallest absolute Gasteiger partial charge is 0.228 e. The van der Waals surface area contributed by atoms with Crippen molar-refractivity contribution >= 4 is 29.0 Å². The van der Waals surface area contributed by atoms with Crippen molar-refractivity contribution in [2.45, 2.75) is 25.8 Å². The van der Waals surface area contributed by atoms with E-state index in [-0.39, 0.29) is 17.9 Å². The minimum Gasteiger partial charge on any atom is -0.363 e. The lowest BCUT2D eigenvalue weighted by molar-refractivity contribution is -0.117. The van der Waals surface area contributed by atoms with E-state index in [1.54, 1.807) is 18.0 Å². The van der Waals surface area contributed by atoms with Crippen LogP contribution in [0.2, 0.25) is 5.02 Å². The molecule has 1 saturated carbocycles. The third-order valence-electron chi connectivity index (χ3n) is 4.50. The van der Waals surface area contributed by atoms with Gasteiger partial charge in [0.2, 0.25) is 5.91 Å². The molecule has 0 bridgehead atoms. The van der Waals surface area contributed by atoms with E-state index in [9.17, 15) is 4.79 Å². The molecular formula is C15H17ClN6O. The molecule has 1 amide bonds. The number of aryl methyl sites for hydroxylation is 1. The third-order valence-corrected chi connectivity index (χ3v) is 4.79. The highest BCUT2D eigenvalue weighted by Gasteiger charge is 2.36. The van der Waals surface area contributed by atoms with Crippen molar-refractivity contribution in [2.24, 2.45) is 13.0 Å². The van der Waals surface area contributed by atoms with E-state index < -0.39 is 0 Å². The molecule has 8 heteroatoms. The number of amides is 1. The number of carbonyl (C=O) groups is 1. The molecule has 1 atom stereocenters. The Morgan fingerprint density at radius 2 is 2.09 bits per heavy atom. The first-order chi connectivity index (χ1) is 11.0. The van der Waals surface area contributed by atoms with Crippen molar-refractivity contribution in [1.29, 1.82) is 0 Å². The number of fused-ring (bicyclic) bond motifs is 3. The quantitative estimate of drug-likeness (QED) is 0.913. The molecule has 1 unspecified atom stereocenters. The van der Waals surface area contributed by atoms with Crippen LogP contribution in [0.4, 0.5) is 11.5 Å². The van der Waals surface area contributed by atoms with Crippen LogP contribution in [-0.4, -0.2) is 32.9 Å². The van der Waals surface area contributed by atoms with Crippen molar-refractivity contribution in [2.75, 3.05) is 17.3 Å². The van der Waals surface area contributed by atoms with Gasteiger partial charge in [0.1, 0.15) is 11.4 Å². The van der Waals surface area contributed by atoms with Gasteiger partial charge in [-0.25, -0.2) is 4.98 Å². The summed E-state index contributed by atoms with van der Waals surface area (Å²) in [5.41, 5.74) is 3.20. The highest BCUT2D eigenvalue weighted by molar-refractivity contribution is 6.34. The van der Waals surface area contributed by atoms with Gasteiger partial charge in [0.25, 0.3) is 0 Å². The summed E-state index contributed by atoms with van der Waals surface area (Å²) in [5.74, 6) is 0.668. The number of pyridine rings is 1. The van der Waals surface area contributed by atoms with Gasteiger partial charge >= 0.3 is 0 Å². The van der Waals surface area contributed by atoms with E-state index >= 15 is 0 Å². The molecule has 0 saturated heterocycles. The Labute approximate surface area is 138 Å². The van der Waals surface area contributed by atoms with Crippen LogP contribution in [0.1, 0.15) is 31.5 Å². The Balaban J connectivity index is 1.88. The van der Waals surface area contributed by atoms with Gasteiger partial charge in [-0.15, -0.1) is 0 Å². The Bertz CT molecular complexity index is 813. The topological polar surface area (TPSA) is 75.9 Å². The molecule has 3 heterocycles. The Kier molecular flexibility index (Phi) is 3.09. The van der Waals surface area contributed by atoms with Gasteiger partial charge in [0.15, 0.2) is 5.82 Å². The Hall–Kier alpha value is -2.15. The number of anilines is 2. The van der Waals surface area contributed by atoms with Gasteiger partial charge in [-0.3, -0.25) is 4.79 Å². The number of nitrogens with zero attached hydrogens (tertiary/aromatic N) is 5. The number of hydrogen-bond acceptors (Lipinski definition) is 5. The lowest BCUT2D eigenvalue weighted by Crippen LogP contribution is -2.29. The number of rotatable bonds is 2.